The van der Waals surface area contributed by atoms with E-state index in [4.69, 9.17) is 10.2 Å². The van der Waals surface area contributed by atoms with Crippen LogP contribution in [0.25, 0.3) is 0 Å². The van der Waals surface area contributed by atoms with Gasteiger partial charge in [0.1, 0.15) is 0 Å². The average Bonchev–Trinajstić information content (AvgIpc) is 1.68. The normalized spacial score (nSPS) is 15.1. The second kappa shape index (κ2) is 4.05. The van der Waals surface area contributed by atoms with Crippen molar-refractivity contribution in [3.05, 3.63) is 12.7 Å². The van der Waals surface area contributed by atoms with Crippen LogP contribution >= 0.6 is 0 Å². The Morgan fingerprint density at radius 2 is 2.57 bits per heavy atom. The van der Waals surface area contributed by atoms with Gasteiger partial charge in [-0.3, -0.25) is 0 Å². The highest BCUT2D eigenvalue weighted by Gasteiger charge is 1.91. The van der Waals surface area contributed by atoms with Gasteiger partial charge in [-0.05, 0) is 0 Å². The first-order chi connectivity index (χ1) is 3.31. The van der Waals surface area contributed by atoms with Crippen molar-refractivity contribution in [2.45, 2.75) is 5.67 Å². The van der Waals surface area contributed by atoms with Gasteiger partial charge in [0.05, 0.1) is 0 Å². The van der Waals surface area contributed by atoms with Gasteiger partial charge in [0.25, 0.3) is 0 Å². The molecule has 0 amide bonds. The van der Waals surface area contributed by atoms with Crippen LogP contribution in [0.4, 0.5) is 0 Å². The van der Waals surface area contributed by atoms with Gasteiger partial charge in [0.15, 0.2) is 9.76 Å². The van der Waals surface area contributed by atoms with E-state index in [1.807, 2.05) is 0 Å². The van der Waals surface area contributed by atoms with Crippen LogP contribution in [0, 0.1) is 0 Å². The molecular formula is C4H11NOSi. The first kappa shape index (κ1) is 6.88. The lowest BCUT2D eigenvalue weighted by atomic mass is 10.7. The molecule has 2 N–H and O–H groups in total. The van der Waals surface area contributed by atoms with Crippen LogP contribution < -0.4 is 5.73 Å². The predicted octanol–water partition coefficient (Wildman–Crippen LogP) is -0.813. The minimum Gasteiger partial charge on any atom is -0.425 e. The molecule has 1 atom stereocenters. The summed E-state index contributed by atoms with van der Waals surface area (Å²) in [6, 6.07) is 0. The van der Waals surface area contributed by atoms with E-state index < -0.39 is 9.76 Å². The lowest BCUT2D eigenvalue weighted by Gasteiger charge is -1.99. The zero-order valence-electron chi connectivity index (χ0n) is 4.55. The maximum atomic E-state index is 5.40. The Bertz CT molecular complexity index is 57.7. The molecule has 0 saturated heterocycles. The zero-order chi connectivity index (χ0) is 5.70. The molecule has 0 aliphatic heterocycles. The molecule has 0 heterocycles. The van der Waals surface area contributed by atoms with E-state index >= 15 is 0 Å². The van der Waals surface area contributed by atoms with Gasteiger partial charge < -0.3 is 10.2 Å². The van der Waals surface area contributed by atoms with Crippen molar-refractivity contribution in [1.29, 1.82) is 0 Å². The molecule has 1 unspecified atom stereocenters. The van der Waals surface area contributed by atoms with Crippen LogP contribution in [0.15, 0.2) is 12.7 Å². The summed E-state index contributed by atoms with van der Waals surface area (Å²) < 4.78 is 4.84. The van der Waals surface area contributed by atoms with E-state index in [0.29, 0.717) is 0 Å². The largest absolute Gasteiger partial charge is 0.425 e. The molecule has 0 rings (SSSR count). The quantitative estimate of drug-likeness (QED) is 0.387. The molecule has 0 aromatic heterocycles. The molecular weight excluding hydrogens is 106 g/mol. The van der Waals surface area contributed by atoms with E-state index in [1.165, 1.54) is 0 Å². The summed E-state index contributed by atoms with van der Waals surface area (Å²) in [7, 11) is 1.18. The summed E-state index contributed by atoms with van der Waals surface area (Å²) in [4.78, 5) is 0. The number of hydrogen-bond acceptors (Lipinski definition) is 2. The third kappa shape index (κ3) is 3.71. The Labute approximate surface area is 46.3 Å². The number of hydrogen-bond donors (Lipinski definition) is 1. The first-order valence-corrected chi connectivity index (χ1v) is 3.57. The molecule has 0 aliphatic rings. The number of nitrogens with two attached hydrogens (primary N) is 1. The zero-order valence-corrected chi connectivity index (χ0v) is 5.97. The minimum atomic E-state index is -0.494. The molecule has 0 fully saturated rings. The predicted molar refractivity (Wildman–Crippen MR) is 33.7 cm³/mol. The maximum absolute atomic E-state index is 5.40. The van der Waals surface area contributed by atoms with Crippen molar-refractivity contribution >= 4 is 9.76 Å². The van der Waals surface area contributed by atoms with E-state index in [-0.39, 0.29) is 5.67 Å². The van der Waals surface area contributed by atoms with Crippen molar-refractivity contribution in [2.75, 3.05) is 7.11 Å². The molecule has 42 valence electrons. The molecule has 7 heavy (non-hydrogen) atoms. The number of rotatable bonds is 3. The topological polar surface area (TPSA) is 35.2 Å². The molecule has 3 heteroatoms. The second-order valence-electron chi connectivity index (χ2n) is 1.35. The summed E-state index contributed by atoms with van der Waals surface area (Å²) in [5.41, 5.74) is 5.53. The second-order valence-corrected chi connectivity index (χ2v) is 3.21. The summed E-state index contributed by atoms with van der Waals surface area (Å²) in [6.45, 7) is 3.51. The lowest BCUT2D eigenvalue weighted by molar-refractivity contribution is 0.436. The third-order valence-corrected chi connectivity index (χ3v) is 1.71. The Kier molecular flexibility index (Phi) is 3.98. The van der Waals surface area contributed by atoms with Crippen LogP contribution in [-0.4, -0.2) is 22.5 Å². The molecule has 2 nitrogen and oxygen atoms in total. The van der Waals surface area contributed by atoms with Gasteiger partial charge >= 0.3 is 0 Å². The van der Waals surface area contributed by atoms with Crippen LogP contribution in [0.1, 0.15) is 0 Å². The van der Waals surface area contributed by atoms with E-state index in [0.717, 1.165) is 0 Å². The van der Waals surface area contributed by atoms with E-state index in [2.05, 4.69) is 6.58 Å². The molecule has 0 saturated carbocycles. The van der Waals surface area contributed by atoms with E-state index in [9.17, 15) is 0 Å². The van der Waals surface area contributed by atoms with Crippen molar-refractivity contribution in [3.8, 4) is 0 Å². The van der Waals surface area contributed by atoms with Crippen molar-refractivity contribution < 1.29 is 4.43 Å². The highest BCUT2D eigenvalue weighted by molar-refractivity contribution is 6.30. The monoisotopic (exact) mass is 117 g/mol. The van der Waals surface area contributed by atoms with Gasteiger partial charge in [0.2, 0.25) is 0 Å². The summed E-state index contributed by atoms with van der Waals surface area (Å²) in [6.07, 6.45) is 1.72. The van der Waals surface area contributed by atoms with Crippen LogP contribution in [0.3, 0.4) is 0 Å². The molecule has 0 radical (unpaired) electrons. The molecule has 0 aromatic carbocycles. The SMILES string of the molecule is C=CC(N)[SiH2]OC. The molecule has 0 spiro atoms. The van der Waals surface area contributed by atoms with Gasteiger partial charge in [-0.25, -0.2) is 0 Å². The molecule has 0 aromatic rings. The van der Waals surface area contributed by atoms with Gasteiger partial charge in [-0.15, -0.1) is 6.58 Å². The first-order valence-electron chi connectivity index (χ1n) is 2.18. The highest BCUT2D eigenvalue weighted by Crippen LogP contribution is 1.72. The fourth-order valence-corrected chi connectivity index (χ4v) is 0.781. The smallest absolute Gasteiger partial charge is 0.181 e. The lowest BCUT2D eigenvalue weighted by Crippen LogP contribution is -2.25. The fourth-order valence-electron chi connectivity index (χ4n) is 0.260. The Balaban J connectivity index is 2.98. The van der Waals surface area contributed by atoms with Gasteiger partial charge in [-0.1, -0.05) is 6.08 Å². The van der Waals surface area contributed by atoms with Gasteiger partial charge in [0, 0.05) is 12.8 Å². The van der Waals surface area contributed by atoms with Crippen LogP contribution in [-0.2, 0) is 4.43 Å². The van der Waals surface area contributed by atoms with Crippen LogP contribution in [0.2, 0.25) is 0 Å². The maximum Gasteiger partial charge on any atom is 0.181 e. The third-order valence-electron chi connectivity index (χ3n) is 0.662. The minimum absolute atomic E-state index is 0.130. The highest BCUT2D eigenvalue weighted by atomic mass is 28.2. The summed E-state index contributed by atoms with van der Waals surface area (Å²) in [5, 5.41) is 0. The van der Waals surface area contributed by atoms with Crippen molar-refractivity contribution in [3.63, 3.8) is 0 Å². The van der Waals surface area contributed by atoms with Crippen molar-refractivity contribution in [2.24, 2.45) is 5.73 Å². The Morgan fingerprint density at radius 3 is 2.71 bits per heavy atom. The summed E-state index contributed by atoms with van der Waals surface area (Å²) >= 11 is 0. The average molecular weight is 117 g/mol. The standard InChI is InChI=1S/C4H11NOSi/c1-3-4(5)7-6-2/h3-4H,1,5,7H2,2H3. The Morgan fingerprint density at radius 1 is 2.00 bits per heavy atom. The summed E-state index contributed by atoms with van der Waals surface area (Å²) in [5.74, 6) is 0. The van der Waals surface area contributed by atoms with E-state index in [1.54, 1.807) is 13.2 Å². The molecule has 0 aliphatic carbocycles. The van der Waals surface area contributed by atoms with Gasteiger partial charge in [-0.2, -0.15) is 0 Å². The fraction of sp³-hybridized carbons (Fsp3) is 0.500. The molecule has 0 bridgehead atoms. The van der Waals surface area contributed by atoms with Crippen molar-refractivity contribution in [1.82, 2.24) is 0 Å². The Hall–Kier alpha value is -0.123. The van der Waals surface area contributed by atoms with Crippen LogP contribution in [0.5, 0.6) is 0 Å².